The number of fused-ring (bicyclic) bond motifs is 5. The number of ether oxygens (including phenoxy) is 3. The average molecular weight is 500 g/mol. The van der Waals surface area contributed by atoms with Crippen molar-refractivity contribution in [1.82, 2.24) is 0 Å². The number of nitrogens with zero attached hydrogens (tertiary/aromatic N) is 1. The summed E-state index contributed by atoms with van der Waals surface area (Å²) in [5.41, 5.74) is 2.66. The lowest BCUT2D eigenvalue weighted by atomic mass is 9.58. The Kier molecular flexibility index (Phi) is 4.95. The molecule has 7 rings (SSSR count). The summed E-state index contributed by atoms with van der Waals surface area (Å²) in [5.74, 6) is 2.96. The van der Waals surface area contributed by atoms with E-state index in [2.05, 4.69) is 12.1 Å². The van der Waals surface area contributed by atoms with E-state index >= 15 is 0 Å². The topological polar surface area (TPSA) is 48.0 Å². The maximum Gasteiger partial charge on any atom is 0.245 e. The summed E-state index contributed by atoms with van der Waals surface area (Å²) < 4.78 is 17.4. The van der Waals surface area contributed by atoms with Gasteiger partial charge in [0.1, 0.15) is 28.4 Å². The van der Waals surface area contributed by atoms with Crippen LogP contribution in [0.25, 0.3) is 10.8 Å². The van der Waals surface area contributed by atoms with Crippen LogP contribution < -0.4 is 19.1 Å². The first-order valence-corrected chi connectivity index (χ1v) is 12.6. The summed E-state index contributed by atoms with van der Waals surface area (Å²) in [7, 11) is 3.32. The number of β-lactam (4-membered cyclic amide) rings is 1. The molecule has 1 unspecified atom stereocenters. The van der Waals surface area contributed by atoms with Crippen LogP contribution in [0.4, 0.5) is 5.69 Å². The van der Waals surface area contributed by atoms with Crippen LogP contribution in [0, 0.1) is 0 Å². The number of rotatable bonds is 4. The smallest absolute Gasteiger partial charge is 0.245 e. The zero-order valence-corrected chi connectivity index (χ0v) is 21.0. The van der Waals surface area contributed by atoms with Crippen molar-refractivity contribution < 1.29 is 19.0 Å². The van der Waals surface area contributed by atoms with Crippen molar-refractivity contribution in [2.24, 2.45) is 0 Å². The second-order valence-corrected chi connectivity index (χ2v) is 9.59. The maximum absolute atomic E-state index is 14.8. The number of benzene rings is 5. The third kappa shape index (κ3) is 2.90. The fourth-order valence-electron chi connectivity index (χ4n) is 6.18. The molecule has 186 valence electrons. The molecule has 5 aromatic carbocycles. The number of amides is 1. The van der Waals surface area contributed by atoms with Crippen molar-refractivity contribution in [2.75, 3.05) is 19.1 Å². The average Bonchev–Trinajstić information content (AvgIpc) is 2.98. The van der Waals surface area contributed by atoms with Crippen molar-refractivity contribution in [3.8, 4) is 23.0 Å². The Hall–Kier alpha value is -4.77. The molecule has 0 radical (unpaired) electrons. The second-order valence-electron chi connectivity index (χ2n) is 9.59. The van der Waals surface area contributed by atoms with E-state index in [0.717, 1.165) is 44.6 Å². The number of hydrogen-bond donors (Lipinski definition) is 0. The first-order chi connectivity index (χ1) is 18.7. The highest BCUT2D eigenvalue weighted by Gasteiger charge is 2.66. The highest BCUT2D eigenvalue weighted by Crippen LogP contribution is 2.63. The lowest BCUT2D eigenvalue weighted by Gasteiger charge is -2.58. The van der Waals surface area contributed by atoms with Crippen LogP contribution in [0.2, 0.25) is 0 Å². The molecule has 2 aliphatic rings. The number of carbonyl (C=O) groups is 1. The van der Waals surface area contributed by atoms with Gasteiger partial charge in [-0.05, 0) is 42.0 Å². The molecule has 0 N–H and O–H groups in total. The van der Waals surface area contributed by atoms with Crippen molar-refractivity contribution in [3.05, 3.63) is 126 Å². The van der Waals surface area contributed by atoms with E-state index in [0.29, 0.717) is 11.5 Å². The molecule has 5 nitrogen and oxygen atoms in total. The molecule has 0 bridgehead atoms. The highest BCUT2D eigenvalue weighted by atomic mass is 16.5. The minimum atomic E-state index is -0.943. The first kappa shape index (κ1) is 22.4. The Morgan fingerprint density at radius 2 is 1.29 bits per heavy atom. The van der Waals surface area contributed by atoms with Gasteiger partial charge < -0.3 is 19.1 Å². The number of hydrogen-bond acceptors (Lipinski definition) is 4. The van der Waals surface area contributed by atoms with Gasteiger partial charge >= 0.3 is 0 Å². The molecule has 38 heavy (non-hydrogen) atoms. The summed E-state index contributed by atoms with van der Waals surface area (Å²) >= 11 is 0. The number of para-hydroxylation sites is 2. The van der Waals surface area contributed by atoms with Crippen LogP contribution in [-0.2, 0) is 10.2 Å². The van der Waals surface area contributed by atoms with E-state index < -0.39 is 5.41 Å². The second kappa shape index (κ2) is 8.38. The minimum absolute atomic E-state index is 0.0110. The Bertz CT molecular complexity index is 1660. The number of anilines is 1. The van der Waals surface area contributed by atoms with Crippen LogP contribution >= 0.6 is 0 Å². The highest BCUT2D eigenvalue weighted by molar-refractivity contribution is 6.17. The van der Waals surface area contributed by atoms with Crippen molar-refractivity contribution in [3.63, 3.8) is 0 Å². The SMILES string of the molecule is COc1ccc(C2N(c3ccc(OC)c4ccccc34)C(=O)C23c2ccccc2Oc2ccccc23)cc1. The summed E-state index contributed by atoms with van der Waals surface area (Å²) in [6, 6.07) is 35.4. The van der Waals surface area contributed by atoms with Gasteiger partial charge in [-0.3, -0.25) is 4.79 Å². The van der Waals surface area contributed by atoms with Gasteiger partial charge in [0.15, 0.2) is 0 Å². The molecule has 0 aliphatic carbocycles. The molecule has 2 aliphatic heterocycles. The van der Waals surface area contributed by atoms with Crippen LogP contribution in [0.5, 0.6) is 23.0 Å². The van der Waals surface area contributed by atoms with Gasteiger partial charge in [-0.15, -0.1) is 0 Å². The van der Waals surface area contributed by atoms with Crippen molar-refractivity contribution in [2.45, 2.75) is 11.5 Å². The standard InChI is InChI=1S/C33H25NO4/c1-36-22-17-15-21(16-18-22)31-33(25-11-5-7-13-29(25)38-30-14-8-6-12-26(30)33)32(35)34(31)27-19-20-28(37-2)24-10-4-3-9-23(24)27/h3-20,31H,1-2H3. The fourth-order valence-corrected chi connectivity index (χ4v) is 6.18. The quantitative estimate of drug-likeness (QED) is 0.249. The van der Waals surface area contributed by atoms with Gasteiger partial charge in [-0.1, -0.05) is 72.8 Å². The van der Waals surface area contributed by atoms with Gasteiger partial charge in [-0.25, -0.2) is 0 Å². The predicted octanol–water partition coefficient (Wildman–Crippen LogP) is 7.04. The molecular formula is C33H25NO4. The van der Waals surface area contributed by atoms with Crippen LogP contribution in [0.15, 0.2) is 109 Å². The Morgan fingerprint density at radius 1 is 0.684 bits per heavy atom. The number of methoxy groups -OCH3 is 2. The Labute approximate surface area is 220 Å². The maximum atomic E-state index is 14.8. The van der Waals surface area contributed by atoms with Crippen molar-refractivity contribution in [1.29, 1.82) is 0 Å². The molecular weight excluding hydrogens is 474 g/mol. The van der Waals surface area contributed by atoms with Crippen molar-refractivity contribution >= 4 is 22.4 Å². The van der Waals surface area contributed by atoms with E-state index in [1.165, 1.54) is 0 Å². The van der Waals surface area contributed by atoms with Gasteiger partial charge in [-0.2, -0.15) is 0 Å². The molecule has 1 atom stereocenters. The van der Waals surface area contributed by atoms with Crippen LogP contribution in [0.3, 0.4) is 0 Å². The summed E-state index contributed by atoms with van der Waals surface area (Å²) in [4.78, 5) is 16.7. The van der Waals surface area contributed by atoms with Gasteiger partial charge in [0.25, 0.3) is 0 Å². The largest absolute Gasteiger partial charge is 0.497 e. The monoisotopic (exact) mass is 499 g/mol. The summed E-state index contributed by atoms with van der Waals surface area (Å²) in [6.45, 7) is 0. The van der Waals surface area contributed by atoms with E-state index in [1.54, 1.807) is 14.2 Å². The summed E-state index contributed by atoms with van der Waals surface area (Å²) in [6.07, 6.45) is 0. The Balaban J connectivity index is 1.52. The molecule has 0 saturated carbocycles. The molecule has 1 spiro atoms. The third-order valence-electron chi connectivity index (χ3n) is 7.84. The van der Waals surface area contributed by atoms with E-state index in [-0.39, 0.29) is 11.9 Å². The normalized spacial score (nSPS) is 16.8. The molecule has 5 heteroatoms. The van der Waals surface area contributed by atoms with E-state index in [1.807, 2.05) is 102 Å². The molecule has 0 aromatic heterocycles. The predicted molar refractivity (Wildman–Crippen MR) is 147 cm³/mol. The fraction of sp³-hybridized carbons (Fsp3) is 0.121. The first-order valence-electron chi connectivity index (χ1n) is 12.6. The lowest BCUT2D eigenvalue weighted by Crippen LogP contribution is -2.67. The third-order valence-corrected chi connectivity index (χ3v) is 7.84. The van der Waals surface area contributed by atoms with E-state index in [9.17, 15) is 4.79 Å². The molecule has 1 amide bonds. The van der Waals surface area contributed by atoms with Crippen LogP contribution in [-0.4, -0.2) is 20.1 Å². The lowest BCUT2D eigenvalue weighted by molar-refractivity contribution is -0.131. The number of carbonyl (C=O) groups excluding carboxylic acids is 1. The molecule has 2 heterocycles. The molecule has 5 aromatic rings. The minimum Gasteiger partial charge on any atom is -0.497 e. The van der Waals surface area contributed by atoms with Crippen LogP contribution in [0.1, 0.15) is 22.7 Å². The molecule has 1 saturated heterocycles. The van der Waals surface area contributed by atoms with Gasteiger partial charge in [0.2, 0.25) is 5.91 Å². The zero-order valence-electron chi connectivity index (χ0n) is 21.0. The van der Waals surface area contributed by atoms with Gasteiger partial charge in [0, 0.05) is 21.9 Å². The molecule has 1 fully saturated rings. The van der Waals surface area contributed by atoms with Gasteiger partial charge in [0.05, 0.1) is 25.9 Å². The van der Waals surface area contributed by atoms with E-state index in [4.69, 9.17) is 14.2 Å². The summed E-state index contributed by atoms with van der Waals surface area (Å²) in [5, 5.41) is 1.92. The Morgan fingerprint density at radius 3 is 1.92 bits per heavy atom. The zero-order chi connectivity index (χ0) is 25.9.